The van der Waals surface area contributed by atoms with E-state index in [4.69, 9.17) is 10.2 Å². The zero-order valence-corrected chi connectivity index (χ0v) is 11.3. The second kappa shape index (κ2) is 7.96. The highest BCUT2D eigenvalue weighted by Gasteiger charge is 2.25. The largest absolute Gasteiger partial charge is 0.480 e. The van der Waals surface area contributed by atoms with Crippen LogP contribution in [-0.2, 0) is 4.79 Å². The third kappa shape index (κ3) is 5.04. The zero-order valence-electron chi connectivity index (χ0n) is 11.3. The lowest BCUT2D eigenvalue weighted by Gasteiger charge is -2.34. The molecule has 1 aliphatic heterocycles. The maximum absolute atomic E-state index is 11.9. The van der Waals surface area contributed by atoms with Gasteiger partial charge in [0.05, 0.1) is 6.61 Å². The number of β-amino-alcohol motifs (C(OH)–C–C–N with tert-alkyl or cyclic N) is 1. The Bertz CT molecular complexity index is 303. The Morgan fingerprint density at radius 3 is 2.37 bits per heavy atom. The van der Waals surface area contributed by atoms with E-state index in [9.17, 15) is 9.59 Å². The molecule has 1 atom stereocenters. The van der Waals surface area contributed by atoms with Gasteiger partial charge in [0.1, 0.15) is 6.04 Å². The van der Waals surface area contributed by atoms with Gasteiger partial charge in [0.15, 0.2) is 0 Å². The van der Waals surface area contributed by atoms with Crippen molar-refractivity contribution in [3.63, 3.8) is 0 Å². The van der Waals surface area contributed by atoms with Gasteiger partial charge in [-0.1, -0.05) is 13.3 Å². The van der Waals surface area contributed by atoms with Crippen molar-refractivity contribution in [2.75, 3.05) is 39.3 Å². The second-order valence-corrected chi connectivity index (χ2v) is 4.68. The van der Waals surface area contributed by atoms with E-state index in [1.807, 2.05) is 6.92 Å². The Morgan fingerprint density at radius 1 is 1.26 bits per heavy atom. The summed E-state index contributed by atoms with van der Waals surface area (Å²) in [6, 6.07) is -1.13. The van der Waals surface area contributed by atoms with E-state index in [1.165, 1.54) is 0 Å². The van der Waals surface area contributed by atoms with E-state index in [0.29, 0.717) is 45.6 Å². The number of carbonyl (C=O) groups excluding carboxylic acids is 1. The molecule has 110 valence electrons. The molecule has 1 heterocycles. The molecule has 1 rings (SSSR count). The number of nitrogens with one attached hydrogen (secondary N) is 1. The first-order valence-electron chi connectivity index (χ1n) is 6.70. The number of carboxylic acid groups (broad SMARTS) is 1. The molecule has 1 unspecified atom stereocenters. The first-order chi connectivity index (χ1) is 9.08. The van der Waals surface area contributed by atoms with Crippen molar-refractivity contribution in [2.24, 2.45) is 0 Å². The lowest BCUT2D eigenvalue weighted by Crippen LogP contribution is -2.54. The Kier molecular flexibility index (Phi) is 6.58. The molecular weight excluding hydrogens is 250 g/mol. The number of hydrogen-bond acceptors (Lipinski definition) is 4. The van der Waals surface area contributed by atoms with Crippen LogP contribution < -0.4 is 5.32 Å². The van der Waals surface area contributed by atoms with Crippen LogP contribution in [0.3, 0.4) is 0 Å². The Hall–Kier alpha value is -1.34. The first kappa shape index (κ1) is 15.7. The molecule has 0 aromatic rings. The van der Waals surface area contributed by atoms with Gasteiger partial charge in [-0.15, -0.1) is 0 Å². The summed E-state index contributed by atoms with van der Waals surface area (Å²) in [4.78, 5) is 26.6. The number of piperazine rings is 1. The molecule has 0 aromatic carbocycles. The summed E-state index contributed by atoms with van der Waals surface area (Å²) in [5.41, 5.74) is 0. The molecule has 1 aliphatic rings. The molecule has 0 aliphatic carbocycles. The summed E-state index contributed by atoms with van der Waals surface area (Å²) in [6.45, 7) is 5.15. The Labute approximate surface area is 113 Å². The van der Waals surface area contributed by atoms with Gasteiger partial charge in [0.25, 0.3) is 0 Å². The molecular formula is C12H23N3O4. The maximum atomic E-state index is 11.9. The van der Waals surface area contributed by atoms with Crippen LogP contribution in [0, 0.1) is 0 Å². The predicted octanol–water partition coefficient (Wildman–Crippen LogP) is -0.441. The Morgan fingerprint density at radius 2 is 1.89 bits per heavy atom. The number of urea groups is 1. The molecule has 3 N–H and O–H groups in total. The summed E-state index contributed by atoms with van der Waals surface area (Å²) in [7, 11) is 0. The molecule has 1 fully saturated rings. The van der Waals surface area contributed by atoms with E-state index in [-0.39, 0.29) is 12.6 Å². The van der Waals surface area contributed by atoms with E-state index in [1.54, 1.807) is 4.90 Å². The summed E-state index contributed by atoms with van der Waals surface area (Å²) in [5, 5.41) is 20.4. The fraction of sp³-hybridized carbons (Fsp3) is 0.833. The van der Waals surface area contributed by atoms with Crippen LogP contribution in [-0.4, -0.2) is 77.4 Å². The predicted molar refractivity (Wildman–Crippen MR) is 70.0 cm³/mol. The highest BCUT2D eigenvalue weighted by Crippen LogP contribution is 2.04. The van der Waals surface area contributed by atoms with Crippen LogP contribution in [0.4, 0.5) is 4.79 Å². The number of aliphatic carboxylic acids is 1. The quantitative estimate of drug-likeness (QED) is 0.610. The van der Waals surface area contributed by atoms with Gasteiger partial charge in [-0.25, -0.2) is 9.59 Å². The third-order valence-electron chi connectivity index (χ3n) is 3.25. The number of amides is 2. The number of aliphatic hydroxyl groups excluding tert-OH is 1. The van der Waals surface area contributed by atoms with Crippen molar-refractivity contribution in [1.82, 2.24) is 15.1 Å². The van der Waals surface area contributed by atoms with E-state index in [0.717, 1.165) is 0 Å². The van der Waals surface area contributed by atoms with Crippen molar-refractivity contribution in [3.8, 4) is 0 Å². The Balaban J connectivity index is 2.39. The standard InChI is InChI=1S/C12H23N3O4/c1-2-3-10(11(17)18)13-12(19)15-6-4-14(5-7-15)8-9-16/h10,16H,2-9H2,1H3,(H,13,19)(H,17,18). The SMILES string of the molecule is CCCC(NC(=O)N1CCN(CCO)CC1)C(=O)O. The maximum Gasteiger partial charge on any atom is 0.326 e. The van der Waals surface area contributed by atoms with Crippen LogP contribution in [0.5, 0.6) is 0 Å². The summed E-state index contributed by atoms with van der Waals surface area (Å²) in [5.74, 6) is -0.992. The first-order valence-corrected chi connectivity index (χ1v) is 6.70. The summed E-state index contributed by atoms with van der Waals surface area (Å²) < 4.78 is 0. The number of hydrogen-bond donors (Lipinski definition) is 3. The van der Waals surface area contributed by atoms with E-state index < -0.39 is 12.0 Å². The molecule has 0 radical (unpaired) electrons. The van der Waals surface area contributed by atoms with Gasteiger partial charge in [0.2, 0.25) is 0 Å². The molecule has 0 saturated carbocycles. The van der Waals surface area contributed by atoms with Gasteiger partial charge in [-0.2, -0.15) is 0 Å². The van der Waals surface area contributed by atoms with Crippen molar-refractivity contribution in [2.45, 2.75) is 25.8 Å². The second-order valence-electron chi connectivity index (χ2n) is 4.68. The molecule has 2 amide bonds. The minimum atomic E-state index is -0.992. The fourth-order valence-corrected chi connectivity index (χ4v) is 2.10. The fourth-order valence-electron chi connectivity index (χ4n) is 2.10. The van der Waals surface area contributed by atoms with Gasteiger partial charge in [-0.05, 0) is 6.42 Å². The van der Waals surface area contributed by atoms with Crippen LogP contribution in [0.2, 0.25) is 0 Å². The third-order valence-corrected chi connectivity index (χ3v) is 3.25. The molecule has 7 nitrogen and oxygen atoms in total. The van der Waals surface area contributed by atoms with Crippen LogP contribution in [0.1, 0.15) is 19.8 Å². The summed E-state index contributed by atoms with van der Waals surface area (Å²) in [6.07, 6.45) is 1.15. The molecule has 0 bridgehead atoms. The van der Waals surface area contributed by atoms with E-state index in [2.05, 4.69) is 10.2 Å². The highest BCUT2D eigenvalue weighted by atomic mass is 16.4. The molecule has 0 aromatic heterocycles. The molecule has 7 heteroatoms. The number of carboxylic acids is 1. The number of aliphatic hydroxyl groups is 1. The number of rotatable bonds is 6. The number of nitrogens with zero attached hydrogens (tertiary/aromatic N) is 2. The zero-order chi connectivity index (χ0) is 14.3. The van der Waals surface area contributed by atoms with Gasteiger partial charge in [0, 0.05) is 32.7 Å². The van der Waals surface area contributed by atoms with Crippen molar-refractivity contribution in [3.05, 3.63) is 0 Å². The van der Waals surface area contributed by atoms with Crippen molar-refractivity contribution in [1.29, 1.82) is 0 Å². The highest BCUT2D eigenvalue weighted by molar-refractivity contribution is 5.82. The van der Waals surface area contributed by atoms with Gasteiger partial charge >= 0.3 is 12.0 Å². The molecule has 0 spiro atoms. The number of carbonyl (C=O) groups is 2. The minimum Gasteiger partial charge on any atom is -0.480 e. The normalized spacial score (nSPS) is 18.1. The molecule has 19 heavy (non-hydrogen) atoms. The monoisotopic (exact) mass is 273 g/mol. The lowest BCUT2D eigenvalue weighted by molar-refractivity contribution is -0.139. The van der Waals surface area contributed by atoms with Gasteiger partial charge < -0.3 is 20.4 Å². The smallest absolute Gasteiger partial charge is 0.326 e. The van der Waals surface area contributed by atoms with Crippen LogP contribution in [0.15, 0.2) is 0 Å². The molecule has 1 saturated heterocycles. The van der Waals surface area contributed by atoms with E-state index >= 15 is 0 Å². The van der Waals surface area contributed by atoms with Crippen LogP contribution >= 0.6 is 0 Å². The average molecular weight is 273 g/mol. The van der Waals surface area contributed by atoms with Gasteiger partial charge in [-0.3, -0.25) is 4.90 Å². The minimum absolute atomic E-state index is 0.115. The van der Waals surface area contributed by atoms with Crippen molar-refractivity contribution >= 4 is 12.0 Å². The average Bonchev–Trinajstić information content (AvgIpc) is 2.39. The van der Waals surface area contributed by atoms with Crippen molar-refractivity contribution < 1.29 is 19.8 Å². The topological polar surface area (TPSA) is 93.1 Å². The van der Waals surface area contributed by atoms with Crippen LogP contribution in [0.25, 0.3) is 0 Å². The summed E-state index contributed by atoms with van der Waals surface area (Å²) >= 11 is 0. The lowest BCUT2D eigenvalue weighted by atomic mass is 10.2.